The fraction of sp³-hybridized carbons (Fsp3) is 0.786. The molecule has 0 saturated carbocycles. The summed E-state index contributed by atoms with van der Waals surface area (Å²) in [6, 6.07) is 0.139. The fourth-order valence-electron chi connectivity index (χ4n) is 3.08. The number of aryl methyl sites for hydroxylation is 1. The molecule has 1 aromatic rings. The molecule has 2 unspecified atom stereocenters. The summed E-state index contributed by atoms with van der Waals surface area (Å²) in [7, 11) is 0. The first-order valence-electron chi connectivity index (χ1n) is 7.71. The van der Waals surface area contributed by atoms with Crippen molar-refractivity contribution in [2.24, 2.45) is 0 Å². The monoisotopic (exact) mass is 365 g/mol. The van der Waals surface area contributed by atoms with Crippen LogP contribution in [-0.2, 0) is 4.79 Å². The summed E-state index contributed by atoms with van der Waals surface area (Å²) in [5.41, 5.74) is 0. The molecule has 0 aromatic carbocycles. The number of amides is 1. The zero-order valence-corrected chi connectivity index (χ0v) is 15.2. The van der Waals surface area contributed by atoms with Gasteiger partial charge in [0.15, 0.2) is 5.82 Å². The zero-order chi connectivity index (χ0) is 14.8. The Bertz CT molecular complexity index is 499. The summed E-state index contributed by atoms with van der Waals surface area (Å²) >= 11 is 0. The molecule has 2 atom stereocenters. The minimum absolute atomic E-state index is 0. The molecular weight excluding hydrogens is 341 g/mol. The van der Waals surface area contributed by atoms with Crippen LogP contribution in [0.25, 0.3) is 0 Å². The van der Waals surface area contributed by atoms with Gasteiger partial charge in [-0.3, -0.25) is 9.69 Å². The molecule has 3 heterocycles. The van der Waals surface area contributed by atoms with E-state index in [2.05, 4.69) is 27.3 Å². The number of carbonyl (C=O) groups excluding carboxylic acids is 1. The molecule has 0 spiro atoms. The van der Waals surface area contributed by atoms with Gasteiger partial charge in [-0.25, -0.2) is 0 Å². The lowest BCUT2D eigenvalue weighted by molar-refractivity contribution is -0.135. The first kappa shape index (κ1) is 20.2. The number of halogens is 2. The van der Waals surface area contributed by atoms with E-state index in [1.165, 1.54) is 0 Å². The molecule has 1 amide bonds. The smallest absolute Gasteiger partial charge is 0.243 e. The van der Waals surface area contributed by atoms with Gasteiger partial charge >= 0.3 is 0 Å². The predicted molar refractivity (Wildman–Crippen MR) is 91.1 cm³/mol. The van der Waals surface area contributed by atoms with Crippen molar-refractivity contribution < 1.29 is 9.32 Å². The number of nitrogens with one attached hydrogen (secondary N) is 1. The van der Waals surface area contributed by atoms with Crippen LogP contribution in [0, 0.1) is 6.92 Å². The van der Waals surface area contributed by atoms with E-state index in [1.54, 1.807) is 0 Å². The number of rotatable bonds is 3. The average molecular weight is 366 g/mol. The summed E-state index contributed by atoms with van der Waals surface area (Å²) in [5, 5.41) is 7.12. The van der Waals surface area contributed by atoms with Crippen molar-refractivity contribution in [2.75, 3.05) is 32.7 Å². The van der Waals surface area contributed by atoms with E-state index in [-0.39, 0.29) is 42.8 Å². The number of hydrogen-bond donors (Lipinski definition) is 1. The van der Waals surface area contributed by atoms with Gasteiger partial charge in [0.2, 0.25) is 11.8 Å². The van der Waals surface area contributed by atoms with Crippen molar-refractivity contribution in [3.8, 4) is 0 Å². The average Bonchev–Trinajstić information content (AvgIpc) is 3.17. The first-order chi connectivity index (χ1) is 10.1. The van der Waals surface area contributed by atoms with Crippen LogP contribution in [0.15, 0.2) is 4.52 Å². The van der Waals surface area contributed by atoms with Gasteiger partial charge in [-0.15, -0.1) is 24.8 Å². The van der Waals surface area contributed by atoms with Gasteiger partial charge < -0.3 is 14.7 Å². The zero-order valence-electron chi connectivity index (χ0n) is 13.5. The SMILES string of the molecule is Cc1noc(C(C)N2CCN(C(=O)C3CCCN3)CC2)n1.Cl.Cl. The molecule has 1 aromatic heterocycles. The number of carbonyl (C=O) groups is 1. The Morgan fingerprint density at radius 2 is 2.00 bits per heavy atom. The van der Waals surface area contributed by atoms with E-state index >= 15 is 0 Å². The van der Waals surface area contributed by atoms with Crippen LogP contribution >= 0.6 is 24.8 Å². The standard InChI is InChI=1S/C14H23N5O2.2ClH/c1-10(13-16-11(2)17-21-13)18-6-8-19(9-7-18)14(20)12-4-3-5-15-12;;/h10,12,15H,3-9H2,1-2H3;2*1H. The Balaban J connectivity index is 0.00000132. The number of aromatic nitrogens is 2. The quantitative estimate of drug-likeness (QED) is 0.866. The molecule has 132 valence electrons. The molecule has 2 aliphatic heterocycles. The van der Waals surface area contributed by atoms with Gasteiger partial charge in [0.1, 0.15) is 0 Å². The van der Waals surface area contributed by atoms with Gasteiger partial charge in [-0.2, -0.15) is 4.98 Å². The third-order valence-corrected chi connectivity index (χ3v) is 4.43. The van der Waals surface area contributed by atoms with Crippen LogP contribution < -0.4 is 5.32 Å². The lowest BCUT2D eigenvalue weighted by atomic mass is 10.1. The summed E-state index contributed by atoms with van der Waals surface area (Å²) in [4.78, 5) is 20.9. The number of hydrogen-bond acceptors (Lipinski definition) is 6. The van der Waals surface area contributed by atoms with Crippen LogP contribution in [0.5, 0.6) is 0 Å². The highest BCUT2D eigenvalue weighted by Crippen LogP contribution is 2.20. The third kappa shape index (κ3) is 4.56. The fourth-order valence-corrected chi connectivity index (χ4v) is 3.08. The molecule has 0 aliphatic carbocycles. The number of piperazine rings is 1. The Morgan fingerprint density at radius 3 is 2.52 bits per heavy atom. The molecule has 1 N–H and O–H groups in total. The maximum Gasteiger partial charge on any atom is 0.243 e. The highest BCUT2D eigenvalue weighted by atomic mass is 35.5. The maximum absolute atomic E-state index is 12.4. The highest BCUT2D eigenvalue weighted by molar-refractivity contribution is 5.85. The summed E-state index contributed by atoms with van der Waals surface area (Å²) in [6.07, 6.45) is 2.07. The van der Waals surface area contributed by atoms with E-state index < -0.39 is 0 Å². The lowest BCUT2D eigenvalue weighted by Crippen LogP contribution is -2.53. The van der Waals surface area contributed by atoms with Gasteiger partial charge in [0.05, 0.1) is 12.1 Å². The molecule has 2 fully saturated rings. The van der Waals surface area contributed by atoms with Crippen LogP contribution in [0.1, 0.15) is 37.5 Å². The Labute approximate surface area is 149 Å². The van der Waals surface area contributed by atoms with Crippen molar-refractivity contribution >= 4 is 30.7 Å². The Kier molecular flexibility index (Phi) is 7.73. The van der Waals surface area contributed by atoms with Crippen molar-refractivity contribution in [3.63, 3.8) is 0 Å². The normalized spacial score (nSPS) is 23.0. The molecule has 2 aliphatic rings. The second-order valence-corrected chi connectivity index (χ2v) is 5.87. The molecule has 0 radical (unpaired) electrons. The summed E-state index contributed by atoms with van der Waals surface area (Å²) in [6.45, 7) is 8.10. The van der Waals surface area contributed by atoms with Crippen molar-refractivity contribution in [2.45, 2.75) is 38.8 Å². The largest absolute Gasteiger partial charge is 0.339 e. The summed E-state index contributed by atoms with van der Waals surface area (Å²) < 4.78 is 5.24. The minimum Gasteiger partial charge on any atom is -0.339 e. The second kappa shape index (κ2) is 8.82. The molecule has 2 saturated heterocycles. The molecular formula is C14H25Cl2N5O2. The van der Waals surface area contributed by atoms with Gasteiger partial charge in [0.25, 0.3) is 0 Å². The molecule has 0 bridgehead atoms. The molecule has 9 heteroatoms. The van der Waals surface area contributed by atoms with E-state index in [4.69, 9.17) is 4.52 Å². The van der Waals surface area contributed by atoms with Crippen LogP contribution in [0.3, 0.4) is 0 Å². The second-order valence-electron chi connectivity index (χ2n) is 5.87. The van der Waals surface area contributed by atoms with E-state index in [1.807, 2.05) is 11.8 Å². The van der Waals surface area contributed by atoms with E-state index in [0.29, 0.717) is 11.7 Å². The van der Waals surface area contributed by atoms with Crippen LogP contribution in [0.4, 0.5) is 0 Å². The van der Waals surface area contributed by atoms with Gasteiger partial charge in [-0.05, 0) is 33.2 Å². The van der Waals surface area contributed by atoms with E-state index in [9.17, 15) is 4.79 Å². The van der Waals surface area contributed by atoms with Gasteiger partial charge in [-0.1, -0.05) is 5.16 Å². The molecule has 23 heavy (non-hydrogen) atoms. The van der Waals surface area contributed by atoms with Gasteiger partial charge in [0, 0.05) is 26.2 Å². The first-order valence-corrected chi connectivity index (χ1v) is 7.71. The van der Waals surface area contributed by atoms with Crippen molar-refractivity contribution in [3.05, 3.63) is 11.7 Å². The highest BCUT2D eigenvalue weighted by Gasteiger charge is 2.31. The Hall–Kier alpha value is -0.890. The third-order valence-electron chi connectivity index (χ3n) is 4.43. The predicted octanol–water partition coefficient (Wildman–Crippen LogP) is 1.18. The maximum atomic E-state index is 12.4. The van der Waals surface area contributed by atoms with Crippen LogP contribution in [0.2, 0.25) is 0 Å². The molecule has 7 nitrogen and oxygen atoms in total. The Morgan fingerprint density at radius 1 is 1.30 bits per heavy atom. The topological polar surface area (TPSA) is 74.5 Å². The van der Waals surface area contributed by atoms with Crippen molar-refractivity contribution in [1.29, 1.82) is 0 Å². The van der Waals surface area contributed by atoms with Crippen molar-refractivity contribution in [1.82, 2.24) is 25.3 Å². The summed E-state index contributed by atoms with van der Waals surface area (Å²) in [5.74, 6) is 1.58. The number of nitrogens with zero attached hydrogens (tertiary/aromatic N) is 4. The van der Waals surface area contributed by atoms with E-state index in [0.717, 1.165) is 45.6 Å². The molecule has 3 rings (SSSR count). The lowest BCUT2D eigenvalue weighted by Gasteiger charge is -2.37. The minimum atomic E-state index is 0. The van der Waals surface area contributed by atoms with Crippen LogP contribution in [-0.4, -0.2) is 64.6 Å².